The van der Waals surface area contributed by atoms with Crippen LogP contribution in [0.3, 0.4) is 0 Å². The molecule has 0 bridgehead atoms. The molecule has 0 fully saturated rings. The second kappa shape index (κ2) is 16.6. The Morgan fingerprint density at radius 1 is 0.711 bits per heavy atom. The summed E-state index contributed by atoms with van der Waals surface area (Å²) in [5, 5.41) is 5.02. The third kappa shape index (κ3) is 9.45. The van der Waals surface area contributed by atoms with Gasteiger partial charge >= 0.3 is 27.0 Å². The summed E-state index contributed by atoms with van der Waals surface area (Å²) in [7, 11) is 0.683. The molecular formula is C31H33ClN2O2RuS. The van der Waals surface area contributed by atoms with Crippen LogP contribution in [0.15, 0.2) is 120 Å². The molecule has 4 nitrogen and oxygen atoms in total. The first-order valence-corrected chi connectivity index (χ1v) is 15.7. The van der Waals surface area contributed by atoms with Crippen LogP contribution in [0.1, 0.15) is 40.8 Å². The third-order valence-corrected chi connectivity index (χ3v) is 7.32. The van der Waals surface area contributed by atoms with Gasteiger partial charge in [-0.2, -0.15) is 0 Å². The summed E-state index contributed by atoms with van der Waals surface area (Å²) in [4.78, 5) is 0.194. The summed E-state index contributed by atoms with van der Waals surface area (Å²) >= 11 is 1.82. The van der Waals surface area contributed by atoms with Gasteiger partial charge < -0.3 is 17.5 Å². The summed E-state index contributed by atoms with van der Waals surface area (Å²) < 4.78 is 31.2. The van der Waals surface area contributed by atoms with Gasteiger partial charge in [-0.3, -0.25) is 0 Å². The standard InChI is InChI=1S/C30H30N2O2S.CH3.ClH.Ru/c1-24-19-21-28(22-20-24)35(33,34)32-30(27-17-9-4-10-18-27)29(26-15-7-3-8-16-26)31-23-11-14-25-12-5-2-6-13-25;;;/h2-10,12-13,15-22,29-30H,11,14,23H2,1H3;1H3;1H;/q-2;-1;;+4/p-1/t29-,30-;;;/m1.../s1. The normalized spacial score (nSPS) is 12.4. The van der Waals surface area contributed by atoms with Crippen LogP contribution >= 0.6 is 9.69 Å². The zero-order valence-electron chi connectivity index (χ0n) is 21.6. The molecule has 0 aromatic heterocycles. The van der Waals surface area contributed by atoms with Crippen molar-refractivity contribution in [2.75, 3.05) is 6.54 Å². The van der Waals surface area contributed by atoms with Crippen molar-refractivity contribution in [2.24, 2.45) is 0 Å². The molecule has 0 N–H and O–H groups in total. The van der Waals surface area contributed by atoms with Crippen LogP contribution in [0.5, 0.6) is 0 Å². The van der Waals surface area contributed by atoms with E-state index in [1.165, 1.54) is 5.56 Å². The molecule has 0 saturated heterocycles. The van der Waals surface area contributed by atoms with E-state index in [2.05, 4.69) is 26.5 Å². The Morgan fingerprint density at radius 2 is 1.18 bits per heavy atom. The first-order chi connectivity index (χ1) is 18.0. The van der Waals surface area contributed by atoms with Gasteiger partial charge in [-0.05, 0) is 31.0 Å². The average Bonchev–Trinajstić information content (AvgIpc) is 2.95. The van der Waals surface area contributed by atoms with Gasteiger partial charge in [0.2, 0.25) is 0 Å². The van der Waals surface area contributed by atoms with Crippen molar-refractivity contribution >= 4 is 19.7 Å². The first kappa shape index (κ1) is 31.9. The van der Waals surface area contributed by atoms with E-state index in [4.69, 9.17) is 5.32 Å². The molecule has 0 amide bonds. The predicted molar refractivity (Wildman–Crippen MR) is 155 cm³/mol. The van der Waals surface area contributed by atoms with Crippen molar-refractivity contribution in [1.29, 1.82) is 0 Å². The predicted octanol–water partition coefficient (Wildman–Crippen LogP) is 8.68. The quantitative estimate of drug-likeness (QED) is 0.0942. The Kier molecular flexibility index (Phi) is 13.9. The molecule has 0 saturated carbocycles. The number of aryl methyl sites for hydroxylation is 2. The molecule has 0 aliphatic carbocycles. The number of nitrogens with zero attached hydrogens (tertiary/aromatic N) is 2. The molecule has 38 heavy (non-hydrogen) atoms. The number of hydrogen-bond donors (Lipinski definition) is 0. The van der Waals surface area contributed by atoms with Crippen LogP contribution in [0, 0.1) is 14.4 Å². The summed E-state index contributed by atoms with van der Waals surface area (Å²) in [6.07, 6.45) is 1.79. The maximum atomic E-state index is 13.4. The molecule has 0 unspecified atom stereocenters. The van der Waals surface area contributed by atoms with Crippen molar-refractivity contribution in [2.45, 2.75) is 36.7 Å². The topological polar surface area (TPSA) is 62.3 Å². The Labute approximate surface area is 242 Å². The number of rotatable bonds is 11. The van der Waals surface area contributed by atoms with Crippen LogP contribution in [0.25, 0.3) is 10.0 Å². The maximum absolute atomic E-state index is 13.4. The first-order valence-electron chi connectivity index (χ1n) is 12.0. The Balaban J connectivity index is 0.00000165. The molecule has 0 radical (unpaired) electrons. The molecular weight excluding hydrogens is 601 g/mol. The van der Waals surface area contributed by atoms with Crippen LogP contribution in [-0.2, 0) is 33.8 Å². The zero-order valence-corrected chi connectivity index (χ0v) is 24.9. The average molecular weight is 634 g/mol. The van der Waals surface area contributed by atoms with Gasteiger partial charge in [0.15, 0.2) is 0 Å². The molecule has 0 aliphatic heterocycles. The fourth-order valence-corrected chi connectivity index (χ4v) is 5.21. The van der Waals surface area contributed by atoms with Crippen molar-refractivity contribution in [3.05, 3.63) is 155 Å². The Bertz CT molecular complexity index is 1290. The third-order valence-electron chi connectivity index (χ3n) is 5.94. The van der Waals surface area contributed by atoms with Crippen LogP contribution in [0.2, 0.25) is 0 Å². The number of sulfonamides is 1. The van der Waals surface area contributed by atoms with E-state index in [0.29, 0.717) is 6.54 Å². The second-order valence-corrected chi connectivity index (χ2v) is 10.2. The summed E-state index contributed by atoms with van der Waals surface area (Å²) in [6, 6.07) is 35.5. The van der Waals surface area contributed by atoms with Crippen molar-refractivity contribution in [3.8, 4) is 0 Å². The van der Waals surface area contributed by atoms with E-state index in [9.17, 15) is 8.42 Å². The molecule has 4 rings (SSSR count). The molecule has 4 aromatic rings. The second-order valence-electron chi connectivity index (χ2n) is 8.60. The molecule has 7 heteroatoms. The van der Waals surface area contributed by atoms with Gasteiger partial charge in [0.1, 0.15) is 10.0 Å². The minimum absolute atomic E-state index is 0. The Hall–Kier alpha value is -2.34. The van der Waals surface area contributed by atoms with Gasteiger partial charge in [-0.25, -0.2) is 8.42 Å². The van der Waals surface area contributed by atoms with Crippen molar-refractivity contribution in [1.82, 2.24) is 0 Å². The van der Waals surface area contributed by atoms with Gasteiger partial charge in [0.05, 0.1) is 0 Å². The SMILES string of the molecule is Cc1ccc(S(=O)(=O)[N-][C@H](c2ccccc2)[C@H]([N-]CCCc2ccccc2)c2ccccc2)cc1.[CH3-].[Cl][Ru+3]. The van der Waals surface area contributed by atoms with Gasteiger partial charge in [-0.15, -0.1) is 18.6 Å². The number of halogens is 1. The zero-order chi connectivity index (χ0) is 26.5. The minimum atomic E-state index is -3.89. The fraction of sp³-hybridized carbons (Fsp3) is 0.194. The van der Waals surface area contributed by atoms with E-state index in [-0.39, 0.29) is 12.3 Å². The van der Waals surface area contributed by atoms with Crippen molar-refractivity contribution < 1.29 is 25.7 Å². The van der Waals surface area contributed by atoms with Crippen LogP contribution in [0.4, 0.5) is 0 Å². The van der Waals surface area contributed by atoms with Gasteiger partial charge in [0.25, 0.3) is 0 Å². The molecule has 0 heterocycles. The van der Waals surface area contributed by atoms with E-state index in [1.54, 1.807) is 24.3 Å². The summed E-state index contributed by atoms with van der Waals surface area (Å²) in [5.74, 6) is 0. The Morgan fingerprint density at radius 3 is 1.71 bits per heavy atom. The van der Waals surface area contributed by atoms with E-state index in [1.807, 2.05) is 103 Å². The van der Waals surface area contributed by atoms with Crippen LogP contribution in [-0.4, -0.2) is 15.0 Å². The molecule has 2 atom stereocenters. The molecule has 0 aliphatic rings. The molecule has 4 aromatic carbocycles. The fourth-order valence-electron chi connectivity index (χ4n) is 4.07. The van der Waals surface area contributed by atoms with E-state index in [0.717, 1.165) is 29.5 Å². The van der Waals surface area contributed by atoms with E-state index < -0.39 is 22.1 Å². The van der Waals surface area contributed by atoms with Crippen LogP contribution < -0.4 is 0 Å². The summed E-state index contributed by atoms with van der Waals surface area (Å²) in [6.45, 7) is 2.54. The monoisotopic (exact) mass is 634 g/mol. The van der Waals surface area contributed by atoms with E-state index >= 15 is 0 Å². The number of benzene rings is 4. The number of hydrogen-bond acceptors (Lipinski definition) is 2. The molecule has 200 valence electrons. The van der Waals surface area contributed by atoms with Gasteiger partial charge in [-0.1, -0.05) is 126 Å². The van der Waals surface area contributed by atoms with Crippen molar-refractivity contribution in [3.63, 3.8) is 0 Å². The molecule has 0 spiro atoms. The summed E-state index contributed by atoms with van der Waals surface area (Å²) in [5.41, 5.74) is 4.04. The van der Waals surface area contributed by atoms with Gasteiger partial charge in [0, 0.05) is 4.90 Å².